The topological polar surface area (TPSA) is 41.4 Å². The molecule has 0 radical (unpaired) electrons. The first-order chi connectivity index (χ1) is 13.1. The van der Waals surface area contributed by atoms with Crippen LogP contribution < -0.4 is 0 Å². The number of nitrogens with zero attached hydrogens (tertiary/aromatic N) is 4. The Morgan fingerprint density at radius 2 is 1.81 bits per heavy atom. The lowest BCUT2D eigenvalue weighted by atomic mass is 10.1. The van der Waals surface area contributed by atoms with Crippen LogP contribution in [0.3, 0.4) is 0 Å². The molecular weight excluding hydrogens is 336 g/mol. The van der Waals surface area contributed by atoms with E-state index in [0.717, 1.165) is 38.5 Å². The number of hydrogen-bond donors (Lipinski definition) is 0. The number of imidazole rings is 1. The van der Waals surface area contributed by atoms with Crippen LogP contribution in [0.15, 0.2) is 48.8 Å². The highest BCUT2D eigenvalue weighted by Gasteiger charge is 2.26. The monoisotopic (exact) mass is 366 g/mol. The minimum Gasteiger partial charge on any atom is -0.338 e. The Morgan fingerprint density at radius 3 is 2.48 bits per heavy atom. The summed E-state index contributed by atoms with van der Waals surface area (Å²) >= 11 is 0. The lowest BCUT2D eigenvalue weighted by molar-refractivity contribution is -0.136. The highest BCUT2D eigenvalue weighted by atomic mass is 16.2. The largest absolute Gasteiger partial charge is 0.338 e. The number of carbonyl (C=O) groups is 1. The number of carbonyl (C=O) groups excluding carboxylic acids is 1. The maximum absolute atomic E-state index is 12.9. The van der Waals surface area contributed by atoms with Gasteiger partial charge in [0.25, 0.3) is 0 Å². The molecule has 0 bridgehead atoms. The van der Waals surface area contributed by atoms with Gasteiger partial charge in [0.1, 0.15) is 11.9 Å². The molecule has 5 heteroatoms. The third kappa shape index (κ3) is 4.86. The van der Waals surface area contributed by atoms with Crippen LogP contribution in [-0.4, -0.2) is 58.0 Å². The van der Waals surface area contributed by atoms with E-state index in [9.17, 15) is 4.79 Å². The molecule has 27 heavy (non-hydrogen) atoms. The normalized spacial score (nSPS) is 17.0. The van der Waals surface area contributed by atoms with E-state index < -0.39 is 0 Å². The van der Waals surface area contributed by atoms with Crippen LogP contribution in [-0.2, 0) is 4.79 Å². The zero-order valence-corrected chi connectivity index (χ0v) is 16.6. The molecule has 0 spiro atoms. The van der Waals surface area contributed by atoms with Gasteiger partial charge in [0.15, 0.2) is 0 Å². The summed E-state index contributed by atoms with van der Waals surface area (Å²) in [5.74, 6) is 1.47. The van der Waals surface area contributed by atoms with Crippen LogP contribution in [0.25, 0.3) is 6.08 Å². The van der Waals surface area contributed by atoms with Crippen molar-refractivity contribution in [2.24, 2.45) is 0 Å². The Bertz CT molecular complexity index is 758. The van der Waals surface area contributed by atoms with Gasteiger partial charge in [-0.2, -0.15) is 0 Å². The first kappa shape index (κ1) is 19.4. The predicted molar refractivity (Wildman–Crippen MR) is 110 cm³/mol. The van der Waals surface area contributed by atoms with E-state index in [0.29, 0.717) is 5.92 Å². The number of hydrogen-bond acceptors (Lipinski definition) is 3. The molecule has 1 aliphatic rings. The van der Waals surface area contributed by atoms with Crippen molar-refractivity contribution in [1.82, 2.24) is 19.4 Å². The quantitative estimate of drug-likeness (QED) is 0.787. The van der Waals surface area contributed by atoms with Crippen LogP contribution in [0.2, 0.25) is 0 Å². The van der Waals surface area contributed by atoms with Gasteiger partial charge in [-0.1, -0.05) is 56.3 Å². The van der Waals surface area contributed by atoms with Crippen LogP contribution in [0.1, 0.15) is 44.1 Å². The second kappa shape index (κ2) is 9.00. The molecule has 1 amide bonds. The summed E-state index contributed by atoms with van der Waals surface area (Å²) in [4.78, 5) is 21.7. The summed E-state index contributed by atoms with van der Waals surface area (Å²) in [6, 6.07) is 10.1. The van der Waals surface area contributed by atoms with E-state index in [-0.39, 0.29) is 11.9 Å². The van der Waals surface area contributed by atoms with Gasteiger partial charge in [0, 0.05) is 51.0 Å². The van der Waals surface area contributed by atoms with Gasteiger partial charge < -0.3 is 9.47 Å². The van der Waals surface area contributed by atoms with Crippen molar-refractivity contribution >= 4 is 12.0 Å². The molecule has 2 aromatic rings. The summed E-state index contributed by atoms with van der Waals surface area (Å²) in [5.41, 5.74) is 1.22. The van der Waals surface area contributed by atoms with Crippen molar-refractivity contribution in [2.75, 3.05) is 32.7 Å². The number of benzene rings is 1. The molecule has 1 fully saturated rings. The summed E-state index contributed by atoms with van der Waals surface area (Å²) in [6.45, 7) is 10.5. The van der Waals surface area contributed by atoms with Gasteiger partial charge in [-0.15, -0.1) is 0 Å². The molecule has 5 nitrogen and oxygen atoms in total. The Morgan fingerprint density at radius 1 is 1.11 bits per heavy atom. The maximum Gasteiger partial charge on any atom is 0.245 e. The van der Waals surface area contributed by atoms with Crippen molar-refractivity contribution < 1.29 is 4.79 Å². The zero-order valence-electron chi connectivity index (χ0n) is 16.6. The van der Waals surface area contributed by atoms with E-state index in [1.807, 2.05) is 28.7 Å². The van der Waals surface area contributed by atoms with Gasteiger partial charge in [-0.25, -0.2) is 4.98 Å². The number of aromatic nitrogens is 2. The Balaban J connectivity index is 1.50. The summed E-state index contributed by atoms with van der Waals surface area (Å²) in [7, 11) is 0. The fraction of sp³-hybridized carbons (Fsp3) is 0.455. The lowest BCUT2D eigenvalue weighted by Crippen LogP contribution is -2.50. The van der Waals surface area contributed by atoms with E-state index in [1.54, 1.807) is 6.20 Å². The Labute approximate surface area is 162 Å². The molecule has 1 atom stereocenters. The van der Waals surface area contributed by atoms with Crippen molar-refractivity contribution in [3.8, 4) is 0 Å². The molecule has 1 aliphatic heterocycles. The van der Waals surface area contributed by atoms with Gasteiger partial charge in [0.2, 0.25) is 5.91 Å². The van der Waals surface area contributed by atoms with Crippen molar-refractivity contribution in [3.63, 3.8) is 0 Å². The fourth-order valence-corrected chi connectivity index (χ4v) is 3.54. The second-order valence-corrected chi connectivity index (χ2v) is 7.46. The lowest BCUT2D eigenvalue weighted by Gasteiger charge is -2.35. The Hall–Kier alpha value is -2.40. The van der Waals surface area contributed by atoms with Gasteiger partial charge >= 0.3 is 0 Å². The highest BCUT2D eigenvalue weighted by Crippen LogP contribution is 2.19. The zero-order chi connectivity index (χ0) is 19.2. The van der Waals surface area contributed by atoms with Crippen LogP contribution >= 0.6 is 0 Å². The number of rotatable bonds is 6. The molecular formula is C22H30N4O. The molecule has 0 unspecified atom stereocenters. The van der Waals surface area contributed by atoms with E-state index in [2.05, 4.69) is 60.1 Å². The fourth-order valence-electron chi connectivity index (χ4n) is 3.54. The molecule has 2 heterocycles. The minimum atomic E-state index is -0.200. The van der Waals surface area contributed by atoms with Crippen molar-refractivity contribution in [3.05, 3.63) is 60.2 Å². The van der Waals surface area contributed by atoms with Crippen molar-refractivity contribution in [1.29, 1.82) is 0 Å². The van der Waals surface area contributed by atoms with Crippen LogP contribution in [0.5, 0.6) is 0 Å². The van der Waals surface area contributed by atoms with Gasteiger partial charge in [-0.3, -0.25) is 9.69 Å². The number of piperazine rings is 1. The van der Waals surface area contributed by atoms with Gasteiger partial charge in [-0.05, 0) is 12.5 Å². The second-order valence-electron chi connectivity index (χ2n) is 7.46. The maximum atomic E-state index is 12.9. The average molecular weight is 367 g/mol. The van der Waals surface area contributed by atoms with Crippen molar-refractivity contribution in [2.45, 2.75) is 32.7 Å². The molecule has 0 N–H and O–H groups in total. The number of amides is 1. The van der Waals surface area contributed by atoms with Crippen LogP contribution in [0, 0.1) is 0 Å². The standard InChI is InChI=1S/C22H30N4O/c1-18(2)21-23-11-13-26(21)19(3)22(27)25-16-14-24(15-17-25)12-7-10-20-8-5-4-6-9-20/h4-11,13,18-19H,12,14-17H2,1-3H3/b10-7+/t19-/m1/s1. The molecule has 3 rings (SSSR count). The highest BCUT2D eigenvalue weighted by molar-refractivity contribution is 5.80. The average Bonchev–Trinajstić information content (AvgIpc) is 3.18. The van der Waals surface area contributed by atoms with E-state index >= 15 is 0 Å². The molecule has 1 aromatic carbocycles. The van der Waals surface area contributed by atoms with E-state index in [4.69, 9.17) is 0 Å². The molecule has 1 aromatic heterocycles. The van der Waals surface area contributed by atoms with Gasteiger partial charge in [0.05, 0.1) is 0 Å². The van der Waals surface area contributed by atoms with Crippen LogP contribution in [0.4, 0.5) is 0 Å². The molecule has 0 saturated carbocycles. The molecule has 144 valence electrons. The van der Waals surface area contributed by atoms with E-state index in [1.165, 1.54) is 5.56 Å². The predicted octanol–water partition coefficient (Wildman–Crippen LogP) is 3.43. The smallest absolute Gasteiger partial charge is 0.245 e. The molecule has 1 saturated heterocycles. The minimum absolute atomic E-state index is 0.189. The summed E-state index contributed by atoms with van der Waals surface area (Å²) < 4.78 is 2.02. The summed E-state index contributed by atoms with van der Waals surface area (Å²) in [6.07, 6.45) is 8.07. The SMILES string of the molecule is CC(C)c1nccn1[C@H](C)C(=O)N1CCN(C/C=C/c2ccccc2)CC1. The Kier molecular flexibility index (Phi) is 6.45. The third-order valence-corrected chi connectivity index (χ3v) is 5.15. The first-order valence-electron chi connectivity index (χ1n) is 9.81. The summed E-state index contributed by atoms with van der Waals surface area (Å²) in [5, 5.41) is 0. The molecule has 0 aliphatic carbocycles. The third-order valence-electron chi connectivity index (χ3n) is 5.15. The first-order valence-corrected chi connectivity index (χ1v) is 9.81.